The molecule has 8 nitrogen and oxygen atoms in total. The van der Waals surface area contributed by atoms with Crippen molar-refractivity contribution >= 4 is 23.2 Å². The van der Waals surface area contributed by atoms with Crippen LogP contribution in [0.1, 0.15) is 31.9 Å². The summed E-state index contributed by atoms with van der Waals surface area (Å²) in [4.78, 5) is 23.3. The first-order valence-corrected chi connectivity index (χ1v) is 8.16. The molecule has 140 valence electrons. The molecule has 0 radical (unpaired) electrons. The maximum atomic E-state index is 12.3. The fraction of sp³-hybridized carbons (Fsp3) is 0.263. The number of nitro groups is 1. The third-order valence-corrected chi connectivity index (χ3v) is 3.49. The van der Waals surface area contributed by atoms with Crippen molar-refractivity contribution in [2.24, 2.45) is 0 Å². The number of nitrogens with zero attached hydrogens (tertiary/aromatic N) is 3. The summed E-state index contributed by atoms with van der Waals surface area (Å²) in [6, 6.07) is 12.9. The highest BCUT2D eigenvalue weighted by atomic mass is 16.6. The molecule has 0 saturated heterocycles. The number of carbonyl (C=O) groups is 1. The van der Waals surface area contributed by atoms with Crippen LogP contribution in [0, 0.1) is 28.4 Å². The van der Waals surface area contributed by atoms with E-state index in [4.69, 9.17) is 10.00 Å². The van der Waals surface area contributed by atoms with Gasteiger partial charge in [-0.25, -0.2) is 15.2 Å². The summed E-state index contributed by atoms with van der Waals surface area (Å²) < 4.78 is 5.28. The smallest absolute Gasteiger partial charge is 0.426 e. The van der Waals surface area contributed by atoms with Gasteiger partial charge in [0, 0.05) is 6.07 Å². The molecule has 27 heavy (non-hydrogen) atoms. The SMILES string of the molecule is Cc1cccc([N+](=O)[O-])c1N(NC(=O)OC(C)(C)C)c1ccc(C#N)cc1. The predicted molar refractivity (Wildman–Crippen MR) is 100 cm³/mol. The van der Waals surface area contributed by atoms with Crippen molar-refractivity contribution < 1.29 is 14.5 Å². The number of nitrogens with one attached hydrogen (secondary N) is 1. The summed E-state index contributed by atoms with van der Waals surface area (Å²) in [5.41, 5.74) is 3.32. The largest absolute Gasteiger partial charge is 0.443 e. The molecule has 2 aromatic rings. The van der Waals surface area contributed by atoms with Crippen molar-refractivity contribution in [2.45, 2.75) is 33.3 Å². The van der Waals surface area contributed by atoms with Gasteiger partial charge < -0.3 is 4.74 Å². The molecule has 0 heterocycles. The van der Waals surface area contributed by atoms with E-state index in [9.17, 15) is 14.9 Å². The Morgan fingerprint density at radius 1 is 1.22 bits per heavy atom. The van der Waals surface area contributed by atoms with Crippen LogP contribution in [-0.4, -0.2) is 16.6 Å². The number of carbonyl (C=O) groups excluding carboxylic acids is 1. The summed E-state index contributed by atoms with van der Waals surface area (Å²) >= 11 is 0. The number of hydrogen-bond acceptors (Lipinski definition) is 6. The Morgan fingerprint density at radius 3 is 2.37 bits per heavy atom. The number of anilines is 2. The van der Waals surface area contributed by atoms with E-state index in [1.807, 2.05) is 6.07 Å². The number of hydrogen-bond donors (Lipinski definition) is 1. The first kappa shape index (κ1) is 19.7. The van der Waals surface area contributed by atoms with E-state index in [1.165, 1.54) is 11.1 Å². The molecule has 0 aliphatic heterocycles. The van der Waals surface area contributed by atoms with Gasteiger partial charge in [0.15, 0.2) is 0 Å². The van der Waals surface area contributed by atoms with Crippen LogP contribution in [0.5, 0.6) is 0 Å². The van der Waals surface area contributed by atoms with Crippen LogP contribution < -0.4 is 10.4 Å². The number of rotatable bonds is 4. The molecule has 0 spiro atoms. The van der Waals surface area contributed by atoms with Crippen molar-refractivity contribution in [3.05, 3.63) is 63.7 Å². The average Bonchev–Trinajstić information content (AvgIpc) is 2.58. The minimum Gasteiger partial charge on any atom is -0.443 e. The van der Waals surface area contributed by atoms with Crippen molar-refractivity contribution in [1.29, 1.82) is 5.26 Å². The Hall–Kier alpha value is -3.60. The van der Waals surface area contributed by atoms with Crippen molar-refractivity contribution in [2.75, 3.05) is 5.01 Å². The summed E-state index contributed by atoms with van der Waals surface area (Å²) in [6.45, 7) is 6.86. The molecule has 0 saturated carbocycles. The molecule has 8 heteroatoms. The van der Waals surface area contributed by atoms with Crippen LogP contribution in [0.15, 0.2) is 42.5 Å². The van der Waals surface area contributed by atoms with Gasteiger partial charge in [-0.3, -0.25) is 10.1 Å². The number of nitriles is 1. The fourth-order valence-electron chi connectivity index (χ4n) is 2.41. The van der Waals surface area contributed by atoms with Crippen LogP contribution in [0.2, 0.25) is 0 Å². The van der Waals surface area contributed by atoms with E-state index in [2.05, 4.69) is 5.43 Å². The van der Waals surface area contributed by atoms with Gasteiger partial charge in [0.2, 0.25) is 0 Å². The topological polar surface area (TPSA) is 108 Å². The van der Waals surface area contributed by atoms with Crippen molar-refractivity contribution in [1.82, 2.24) is 5.43 Å². The third-order valence-electron chi connectivity index (χ3n) is 3.49. The van der Waals surface area contributed by atoms with Gasteiger partial charge in [0.25, 0.3) is 5.69 Å². The van der Waals surface area contributed by atoms with E-state index in [1.54, 1.807) is 64.1 Å². The maximum absolute atomic E-state index is 12.3. The van der Waals surface area contributed by atoms with Crippen LogP contribution >= 0.6 is 0 Å². The molecule has 0 bridgehead atoms. The highest BCUT2D eigenvalue weighted by Gasteiger charge is 2.26. The molecule has 2 rings (SSSR count). The second kappa shape index (κ2) is 7.74. The molecule has 1 amide bonds. The molecule has 0 aliphatic rings. The van der Waals surface area contributed by atoms with Gasteiger partial charge >= 0.3 is 6.09 Å². The van der Waals surface area contributed by atoms with Crippen LogP contribution in [0.4, 0.5) is 21.9 Å². The van der Waals surface area contributed by atoms with Crippen molar-refractivity contribution in [3.8, 4) is 6.07 Å². The first-order chi connectivity index (χ1) is 12.6. The standard InChI is InChI=1S/C19H20N4O4/c1-13-6-5-7-16(23(25)26)17(13)22(21-18(24)27-19(2,3)4)15-10-8-14(12-20)9-11-15/h5-11H,1-4H3,(H,21,24). The Bertz CT molecular complexity index is 895. The van der Waals surface area contributed by atoms with Gasteiger partial charge in [-0.1, -0.05) is 12.1 Å². The lowest BCUT2D eigenvalue weighted by atomic mass is 10.1. The fourth-order valence-corrected chi connectivity index (χ4v) is 2.41. The zero-order chi connectivity index (χ0) is 20.2. The van der Waals surface area contributed by atoms with Gasteiger partial charge in [-0.2, -0.15) is 5.26 Å². The number of ether oxygens (including phenoxy) is 1. The van der Waals surface area contributed by atoms with E-state index in [0.717, 1.165) is 0 Å². The summed E-state index contributed by atoms with van der Waals surface area (Å²) in [6.07, 6.45) is -0.760. The average molecular weight is 368 g/mol. The second-order valence-corrected chi connectivity index (χ2v) is 6.81. The lowest BCUT2D eigenvalue weighted by Gasteiger charge is -2.28. The minimum atomic E-state index is -0.760. The van der Waals surface area contributed by atoms with E-state index >= 15 is 0 Å². The number of aryl methyl sites for hydroxylation is 1. The van der Waals surface area contributed by atoms with Gasteiger partial charge in [0.1, 0.15) is 11.3 Å². The Kier molecular flexibility index (Phi) is 5.66. The van der Waals surface area contributed by atoms with Crippen molar-refractivity contribution in [3.63, 3.8) is 0 Å². The number of para-hydroxylation sites is 1. The number of benzene rings is 2. The van der Waals surface area contributed by atoms with Gasteiger partial charge in [-0.05, 0) is 57.5 Å². The number of amides is 1. The molecule has 0 unspecified atom stereocenters. The lowest BCUT2D eigenvalue weighted by Crippen LogP contribution is -2.42. The monoisotopic (exact) mass is 368 g/mol. The number of hydrazine groups is 1. The summed E-state index contributed by atoms with van der Waals surface area (Å²) in [5, 5.41) is 21.8. The molecular formula is C19H20N4O4. The molecule has 0 aliphatic carbocycles. The van der Waals surface area contributed by atoms with E-state index in [-0.39, 0.29) is 11.4 Å². The molecular weight excluding hydrogens is 348 g/mol. The Morgan fingerprint density at radius 2 is 1.85 bits per heavy atom. The van der Waals surface area contributed by atoms with Crippen LogP contribution in [-0.2, 0) is 4.74 Å². The van der Waals surface area contributed by atoms with Crippen LogP contribution in [0.3, 0.4) is 0 Å². The molecule has 0 atom stereocenters. The zero-order valence-electron chi connectivity index (χ0n) is 15.5. The maximum Gasteiger partial charge on any atom is 0.426 e. The first-order valence-electron chi connectivity index (χ1n) is 8.16. The Balaban J connectivity index is 2.55. The number of nitro benzene ring substituents is 1. The molecule has 1 N–H and O–H groups in total. The van der Waals surface area contributed by atoms with Gasteiger partial charge in [0.05, 0.1) is 22.2 Å². The van der Waals surface area contributed by atoms with E-state index < -0.39 is 16.6 Å². The Labute approximate surface area is 157 Å². The predicted octanol–water partition coefficient (Wildman–Crippen LogP) is 4.35. The highest BCUT2D eigenvalue weighted by Crippen LogP contribution is 2.35. The molecule has 0 aromatic heterocycles. The summed E-state index contributed by atoms with van der Waals surface area (Å²) in [7, 11) is 0. The quantitative estimate of drug-likeness (QED) is 0.635. The molecule has 2 aromatic carbocycles. The lowest BCUT2D eigenvalue weighted by molar-refractivity contribution is -0.384. The third kappa shape index (κ3) is 4.95. The minimum absolute atomic E-state index is 0.171. The highest BCUT2D eigenvalue weighted by molar-refractivity contribution is 5.80. The van der Waals surface area contributed by atoms with Gasteiger partial charge in [-0.15, -0.1) is 0 Å². The van der Waals surface area contributed by atoms with E-state index in [0.29, 0.717) is 16.8 Å². The summed E-state index contributed by atoms with van der Waals surface area (Å²) in [5.74, 6) is 0. The van der Waals surface area contributed by atoms with Crippen LogP contribution in [0.25, 0.3) is 0 Å². The zero-order valence-corrected chi connectivity index (χ0v) is 15.5. The normalized spacial score (nSPS) is 10.6. The molecule has 0 fully saturated rings. The second-order valence-electron chi connectivity index (χ2n) is 6.81.